The van der Waals surface area contributed by atoms with Gasteiger partial charge in [-0.15, -0.1) is 0 Å². The third-order valence-electron chi connectivity index (χ3n) is 2.81. The molecule has 0 spiro atoms. The van der Waals surface area contributed by atoms with Crippen LogP contribution in [-0.2, 0) is 11.3 Å². The predicted molar refractivity (Wildman–Crippen MR) is 68.4 cm³/mol. The third-order valence-corrected chi connectivity index (χ3v) is 2.81. The van der Waals surface area contributed by atoms with Crippen molar-refractivity contribution in [3.63, 3.8) is 0 Å². The summed E-state index contributed by atoms with van der Waals surface area (Å²) in [6.45, 7) is 5.29. The number of hydrogen-bond donors (Lipinski definition) is 2. The normalized spacial score (nSPS) is 11.2. The SMILES string of the molecule is CCC(C)(C)NC(=O)Cn1cc([N+](=O)[O-])c(C(=O)O)n1. The molecule has 110 valence electrons. The number of rotatable bonds is 6. The van der Waals surface area contributed by atoms with E-state index in [2.05, 4.69) is 10.4 Å². The Hall–Kier alpha value is -2.45. The van der Waals surface area contributed by atoms with Gasteiger partial charge in [-0.3, -0.25) is 19.6 Å². The van der Waals surface area contributed by atoms with Gasteiger partial charge in [0.05, 0.1) is 4.92 Å². The first-order chi connectivity index (χ1) is 9.16. The van der Waals surface area contributed by atoms with Gasteiger partial charge in [-0.25, -0.2) is 4.79 Å². The van der Waals surface area contributed by atoms with E-state index in [1.165, 1.54) is 0 Å². The summed E-state index contributed by atoms with van der Waals surface area (Å²) in [6, 6.07) is 0. The molecule has 1 heterocycles. The summed E-state index contributed by atoms with van der Waals surface area (Å²) < 4.78 is 0.947. The van der Waals surface area contributed by atoms with Crippen LogP contribution >= 0.6 is 0 Å². The van der Waals surface area contributed by atoms with Crippen molar-refractivity contribution in [3.05, 3.63) is 22.0 Å². The van der Waals surface area contributed by atoms with Gasteiger partial charge in [-0.1, -0.05) is 6.92 Å². The van der Waals surface area contributed by atoms with E-state index in [0.29, 0.717) is 6.42 Å². The van der Waals surface area contributed by atoms with Crippen LogP contribution in [0.3, 0.4) is 0 Å². The predicted octanol–water partition coefficient (Wildman–Crippen LogP) is 0.794. The Bertz CT molecular complexity index is 518. The van der Waals surface area contributed by atoms with E-state index in [9.17, 15) is 19.7 Å². The zero-order valence-corrected chi connectivity index (χ0v) is 11.4. The molecule has 9 nitrogen and oxygen atoms in total. The largest absolute Gasteiger partial charge is 0.476 e. The minimum atomic E-state index is -1.51. The lowest BCUT2D eigenvalue weighted by Crippen LogP contribution is -2.44. The van der Waals surface area contributed by atoms with Crippen LogP contribution < -0.4 is 5.32 Å². The third kappa shape index (κ3) is 3.77. The Labute approximate surface area is 114 Å². The molecule has 0 atom stereocenters. The fourth-order valence-electron chi connectivity index (χ4n) is 1.43. The van der Waals surface area contributed by atoms with E-state index >= 15 is 0 Å². The van der Waals surface area contributed by atoms with Gasteiger partial charge in [0, 0.05) is 5.54 Å². The second kappa shape index (κ2) is 5.68. The fraction of sp³-hybridized carbons (Fsp3) is 0.545. The van der Waals surface area contributed by atoms with Crippen LogP contribution in [0.15, 0.2) is 6.20 Å². The van der Waals surface area contributed by atoms with Gasteiger partial charge >= 0.3 is 11.7 Å². The van der Waals surface area contributed by atoms with E-state index in [-0.39, 0.29) is 6.54 Å². The fourth-order valence-corrected chi connectivity index (χ4v) is 1.43. The highest BCUT2D eigenvalue weighted by Crippen LogP contribution is 2.16. The summed E-state index contributed by atoms with van der Waals surface area (Å²) in [7, 11) is 0. The van der Waals surface area contributed by atoms with Gasteiger partial charge in [0.25, 0.3) is 0 Å². The molecule has 0 fully saturated rings. The molecular weight excluding hydrogens is 268 g/mol. The van der Waals surface area contributed by atoms with Gasteiger partial charge in [0.15, 0.2) is 0 Å². The molecule has 1 rings (SSSR count). The highest BCUT2D eigenvalue weighted by atomic mass is 16.6. The zero-order chi connectivity index (χ0) is 15.5. The van der Waals surface area contributed by atoms with Gasteiger partial charge in [-0.05, 0) is 20.3 Å². The van der Waals surface area contributed by atoms with Crippen molar-refractivity contribution in [1.29, 1.82) is 0 Å². The number of nitrogens with one attached hydrogen (secondary N) is 1. The number of aromatic nitrogens is 2. The van der Waals surface area contributed by atoms with Gasteiger partial charge in [0.2, 0.25) is 11.6 Å². The first-order valence-electron chi connectivity index (χ1n) is 5.92. The lowest BCUT2D eigenvalue weighted by molar-refractivity contribution is -0.385. The molecule has 0 saturated heterocycles. The Kier molecular flexibility index (Phi) is 4.43. The average molecular weight is 284 g/mol. The molecule has 0 saturated carbocycles. The van der Waals surface area contributed by atoms with Crippen LogP contribution in [-0.4, -0.2) is 37.2 Å². The molecule has 1 aromatic heterocycles. The standard InChI is InChI=1S/C11H16N4O5/c1-4-11(2,3)12-8(16)6-14-5-7(15(19)20)9(13-14)10(17)18/h5H,4,6H2,1-3H3,(H,12,16)(H,17,18). The van der Waals surface area contributed by atoms with Crippen molar-refractivity contribution in [3.8, 4) is 0 Å². The number of carboxylic acids is 1. The minimum Gasteiger partial charge on any atom is -0.476 e. The maximum absolute atomic E-state index is 11.8. The molecule has 1 amide bonds. The van der Waals surface area contributed by atoms with Crippen molar-refractivity contribution in [2.45, 2.75) is 39.3 Å². The average Bonchev–Trinajstić information content (AvgIpc) is 2.72. The molecule has 0 aromatic carbocycles. The van der Waals surface area contributed by atoms with Gasteiger partial charge in [0.1, 0.15) is 12.7 Å². The van der Waals surface area contributed by atoms with Crippen LogP contribution in [0.25, 0.3) is 0 Å². The second-order valence-corrected chi connectivity index (χ2v) is 4.91. The van der Waals surface area contributed by atoms with Crippen LogP contribution in [0.2, 0.25) is 0 Å². The lowest BCUT2D eigenvalue weighted by atomic mass is 10.0. The zero-order valence-electron chi connectivity index (χ0n) is 11.4. The smallest absolute Gasteiger partial charge is 0.363 e. The maximum atomic E-state index is 11.8. The minimum absolute atomic E-state index is 0.280. The number of nitrogens with zero attached hydrogens (tertiary/aromatic N) is 3. The summed E-state index contributed by atoms with van der Waals surface area (Å²) >= 11 is 0. The second-order valence-electron chi connectivity index (χ2n) is 4.91. The number of carbonyl (C=O) groups excluding carboxylic acids is 1. The number of carboxylic acid groups (broad SMARTS) is 1. The van der Waals surface area contributed by atoms with Gasteiger partial charge < -0.3 is 10.4 Å². The van der Waals surface area contributed by atoms with E-state index in [0.717, 1.165) is 10.9 Å². The highest BCUT2D eigenvalue weighted by Gasteiger charge is 2.26. The van der Waals surface area contributed by atoms with E-state index < -0.39 is 33.7 Å². The van der Waals surface area contributed by atoms with Crippen LogP contribution in [0, 0.1) is 10.1 Å². The molecule has 0 aliphatic carbocycles. The number of nitro groups is 1. The van der Waals surface area contributed by atoms with E-state index in [1.54, 1.807) is 0 Å². The molecule has 0 aliphatic rings. The lowest BCUT2D eigenvalue weighted by Gasteiger charge is -2.24. The van der Waals surface area contributed by atoms with Crippen molar-refractivity contribution >= 4 is 17.6 Å². The summed E-state index contributed by atoms with van der Waals surface area (Å²) in [6.07, 6.45) is 1.64. The van der Waals surface area contributed by atoms with E-state index in [1.807, 2.05) is 20.8 Å². The van der Waals surface area contributed by atoms with Crippen LogP contribution in [0.5, 0.6) is 0 Å². The molecule has 0 radical (unpaired) electrons. The topological polar surface area (TPSA) is 127 Å². The number of carbonyl (C=O) groups is 2. The molecule has 2 N–H and O–H groups in total. The molecule has 20 heavy (non-hydrogen) atoms. The monoisotopic (exact) mass is 284 g/mol. The highest BCUT2D eigenvalue weighted by molar-refractivity contribution is 5.90. The molecule has 0 bridgehead atoms. The van der Waals surface area contributed by atoms with Crippen LogP contribution in [0.4, 0.5) is 5.69 Å². The van der Waals surface area contributed by atoms with Crippen LogP contribution in [0.1, 0.15) is 37.7 Å². The summed E-state index contributed by atoms with van der Waals surface area (Å²) in [5.74, 6) is -1.91. The van der Waals surface area contributed by atoms with E-state index in [4.69, 9.17) is 5.11 Å². The first kappa shape index (κ1) is 15.6. The molecule has 0 unspecified atom stereocenters. The number of hydrogen-bond acceptors (Lipinski definition) is 5. The van der Waals surface area contributed by atoms with Crippen molar-refractivity contribution in [1.82, 2.24) is 15.1 Å². The number of amides is 1. The van der Waals surface area contributed by atoms with Gasteiger partial charge in [-0.2, -0.15) is 5.10 Å². The van der Waals surface area contributed by atoms with Crippen molar-refractivity contribution in [2.75, 3.05) is 0 Å². The quantitative estimate of drug-likeness (QED) is 0.587. The first-order valence-corrected chi connectivity index (χ1v) is 5.92. The molecule has 0 aliphatic heterocycles. The summed E-state index contributed by atoms with van der Waals surface area (Å²) in [4.78, 5) is 32.4. The molecular formula is C11H16N4O5. The Morgan fingerprint density at radius 1 is 1.55 bits per heavy atom. The Morgan fingerprint density at radius 3 is 2.55 bits per heavy atom. The summed E-state index contributed by atoms with van der Waals surface area (Å²) in [5.41, 5.74) is -1.73. The molecule has 1 aromatic rings. The Balaban J connectivity index is 2.89. The van der Waals surface area contributed by atoms with Crippen molar-refractivity contribution < 1.29 is 19.6 Å². The number of aromatic carboxylic acids is 1. The summed E-state index contributed by atoms with van der Waals surface area (Å²) in [5, 5.41) is 25.8. The Morgan fingerprint density at radius 2 is 2.15 bits per heavy atom. The molecule has 9 heteroatoms. The van der Waals surface area contributed by atoms with Crippen molar-refractivity contribution in [2.24, 2.45) is 0 Å². The maximum Gasteiger partial charge on any atom is 0.363 e.